The van der Waals surface area contributed by atoms with Gasteiger partial charge in [-0.05, 0) is 29.3 Å². The van der Waals surface area contributed by atoms with Crippen LogP contribution >= 0.6 is 0 Å². The van der Waals surface area contributed by atoms with E-state index in [1.807, 2.05) is 23.1 Å². The van der Waals surface area contributed by atoms with Gasteiger partial charge in [-0.2, -0.15) is 0 Å². The van der Waals surface area contributed by atoms with Gasteiger partial charge in [-0.1, -0.05) is 36.4 Å². The number of hydrogen-bond acceptors (Lipinski definition) is 4. The monoisotopic (exact) mass is 291 g/mol. The molecule has 1 unspecified atom stereocenters. The quantitative estimate of drug-likeness (QED) is 0.789. The zero-order valence-electron chi connectivity index (χ0n) is 12.2. The largest absolute Gasteiger partial charge is 0.391 e. The fourth-order valence-corrected chi connectivity index (χ4v) is 2.93. The molecule has 3 aromatic rings. The SMILES string of the molecule is OC1CCN(c2nccc(-c3ccc4ccccc4c3)n2)C1. The van der Waals surface area contributed by atoms with Crippen molar-refractivity contribution in [3.63, 3.8) is 0 Å². The summed E-state index contributed by atoms with van der Waals surface area (Å²) in [4.78, 5) is 11.1. The van der Waals surface area contributed by atoms with E-state index < -0.39 is 0 Å². The van der Waals surface area contributed by atoms with Gasteiger partial charge in [0.15, 0.2) is 0 Å². The van der Waals surface area contributed by atoms with Gasteiger partial charge >= 0.3 is 0 Å². The van der Waals surface area contributed by atoms with Crippen LogP contribution in [0.5, 0.6) is 0 Å². The third-order valence-electron chi connectivity index (χ3n) is 4.13. The Morgan fingerprint density at radius 1 is 1.05 bits per heavy atom. The van der Waals surface area contributed by atoms with Crippen molar-refractivity contribution in [2.45, 2.75) is 12.5 Å². The standard InChI is InChI=1S/C18H17N3O/c22-16-8-10-21(12-16)18-19-9-7-17(20-18)15-6-5-13-3-1-2-4-14(13)11-15/h1-7,9,11,16,22H,8,10,12H2. The van der Waals surface area contributed by atoms with E-state index in [1.165, 1.54) is 10.8 Å². The summed E-state index contributed by atoms with van der Waals surface area (Å²) in [5, 5.41) is 12.1. The molecule has 1 aliphatic heterocycles. The first-order chi connectivity index (χ1) is 10.8. The number of aliphatic hydroxyl groups is 1. The minimum atomic E-state index is -0.270. The molecule has 1 atom stereocenters. The number of anilines is 1. The van der Waals surface area contributed by atoms with E-state index in [2.05, 4.69) is 40.3 Å². The maximum Gasteiger partial charge on any atom is 0.225 e. The molecule has 2 aromatic carbocycles. The summed E-state index contributed by atoms with van der Waals surface area (Å²) in [6.07, 6.45) is 2.30. The third-order valence-corrected chi connectivity index (χ3v) is 4.13. The van der Waals surface area contributed by atoms with Crippen molar-refractivity contribution in [3.8, 4) is 11.3 Å². The molecule has 0 spiro atoms. The molecule has 22 heavy (non-hydrogen) atoms. The average Bonchev–Trinajstić information content (AvgIpc) is 3.01. The molecule has 2 heterocycles. The average molecular weight is 291 g/mol. The molecule has 110 valence electrons. The number of β-amino-alcohol motifs (C(OH)–C–C–N with tert-alkyl or cyclic N) is 1. The first-order valence-electron chi connectivity index (χ1n) is 7.55. The third kappa shape index (κ3) is 2.42. The maximum atomic E-state index is 9.67. The van der Waals surface area contributed by atoms with Gasteiger partial charge in [0, 0.05) is 24.8 Å². The summed E-state index contributed by atoms with van der Waals surface area (Å²) in [7, 11) is 0. The number of rotatable bonds is 2. The van der Waals surface area contributed by atoms with Crippen LogP contribution in [0.25, 0.3) is 22.0 Å². The normalized spacial score (nSPS) is 18.0. The second kappa shape index (κ2) is 5.39. The lowest BCUT2D eigenvalue weighted by molar-refractivity contribution is 0.198. The Balaban J connectivity index is 1.71. The summed E-state index contributed by atoms with van der Waals surface area (Å²) < 4.78 is 0. The molecule has 4 nitrogen and oxygen atoms in total. The molecular weight excluding hydrogens is 274 g/mol. The molecule has 4 heteroatoms. The number of nitrogens with zero attached hydrogens (tertiary/aromatic N) is 3. The Morgan fingerprint density at radius 3 is 2.73 bits per heavy atom. The zero-order chi connectivity index (χ0) is 14.9. The number of benzene rings is 2. The molecule has 0 radical (unpaired) electrons. The number of aromatic nitrogens is 2. The van der Waals surface area contributed by atoms with Crippen LogP contribution in [0.4, 0.5) is 5.95 Å². The van der Waals surface area contributed by atoms with Gasteiger partial charge in [0.2, 0.25) is 5.95 Å². The number of aliphatic hydroxyl groups excluding tert-OH is 1. The Hall–Kier alpha value is -2.46. The molecular formula is C18H17N3O. The summed E-state index contributed by atoms with van der Waals surface area (Å²) in [5.41, 5.74) is 2.00. The molecule has 4 rings (SSSR count). The van der Waals surface area contributed by atoms with Crippen LogP contribution in [-0.4, -0.2) is 34.3 Å². The maximum absolute atomic E-state index is 9.67. The minimum absolute atomic E-state index is 0.270. The van der Waals surface area contributed by atoms with E-state index >= 15 is 0 Å². The first kappa shape index (κ1) is 13.2. The van der Waals surface area contributed by atoms with Gasteiger partial charge < -0.3 is 10.0 Å². The van der Waals surface area contributed by atoms with E-state index in [4.69, 9.17) is 0 Å². The molecule has 0 saturated carbocycles. The lowest BCUT2D eigenvalue weighted by atomic mass is 10.1. The molecule has 1 N–H and O–H groups in total. The molecule has 1 fully saturated rings. The van der Waals surface area contributed by atoms with Crippen molar-refractivity contribution in [1.82, 2.24) is 9.97 Å². The Morgan fingerprint density at radius 2 is 1.91 bits per heavy atom. The Labute approximate surface area is 129 Å². The topological polar surface area (TPSA) is 49.2 Å². The minimum Gasteiger partial charge on any atom is -0.391 e. The summed E-state index contributed by atoms with van der Waals surface area (Å²) in [6, 6.07) is 16.6. The lowest BCUT2D eigenvalue weighted by Gasteiger charge is -2.15. The van der Waals surface area contributed by atoms with E-state index in [9.17, 15) is 5.11 Å². The highest BCUT2D eigenvalue weighted by Crippen LogP contribution is 2.25. The van der Waals surface area contributed by atoms with Gasteiger partial charge in [-0.15, -0.1) is 0 Å². The van der Waals surface area contributed by atoms with Gasteiger partial charge in [0.1, 0.15) is 0 Å². The van der Waals surface area contributed by atoms with E-state index in [0.29, 0.717) is 12.5 Å². The fourth-order valence-electron chi connectivity index (χ4n) is 2.93. The predicted molar refractivity (Wildman–Crippen MR) is 87.8 cm³/mol. The van der Waals surface area contributed by atoms with Crippen molar-refractivity contribution in [3.05, 3.63) is 54.7 Å². The molecule has 1 saturated heterocycles. The van der Waals surface area contributed by atoms with E-state index in [1.54, 1.807) is 6.20 Å². The number of hydrogen-bond donors (Lipinski definition) is 1. The lowest BCUT2D eigenvalue weighted by Crippen LogP contribution is -2.23. The molecule has 0 aliphatic carbocycles. The van der Waals surface area contributed by atoms with Crippen molar-refractivity contribution in [2.75, 3.05) is 18.0 Å². The number of fused-ring (bicyclic) bond motifs is 1. The van der Waals surface area contributed by atoms with E-state index in [0.717, 1.165) is 24.2 Å². The van der Waals surface area contributed by atoms with Crippen LogP contribution < -0.4 is 4.90 Å². The van der Waals surface area contributed by atoms with Gasteiger partial charge in [-0.3, -0.25) is 0 Å². The van der Waals surface area contributed by atoms with Crippen LogP contribution in [-0.2, 0) is 0 Å². The first-order valence-corrected chi connectivity index (χ1v) is 7.55. The van der Waals surface area contributed by atoms with Gasteiger partial charge in [-0.25, -0.2) is 9.97 Å². The van der Waals surface area contributed by atoms with Crippen molar-refractivity contribution in [2.24, 2.45) is 0 Å². The van der Waals surface area contributed by atoms with Crippen molar-refractivity contribution >= 4 is 16.7 Å². The second-order valence-corrected chi connectivity index (χ2v) is 5.69. The summed E-state index contributed by atoms with van der Waals surface area (Å²) >= 11 is 0. The molecule has 1 aromatic heterocycles. The highest BCUT2D eigenvalue weighted by atomic mass is 16.3. The molecule has 1 aliphatic rings. The van der Waals surface area contributed by atoms with Crippen LogP contribution in [0.2, 0.25) is 0 Å². The highest BCUT2D eigenvalue weighted by Gasteiger charge is 2.22. The molecule has 0 bridgehead atoms. The van der Waals surface area contributed by atoms with Crippen LogP contribution in [0.3, 0.4) is 0 Å². The van der Waals surface area contributed by atoms with Gasteiger partial charge in [0.25, 0.3) is 0 Å². The fraction of sp³-hybridized carbons (Fsp3) is 0.222. The van der Waals surface area contributed by atoms with Crippen LogP contribution in [0, 0.1) is 0 Å². The zero-order valence-corrected chi connectivity index (χ0v) is 12.2. The van der Waals surface area contributed by atoms with Crippen molar-refractivity contribution in [1.29, 1.82) is 0 Å². The summed E-state index contributed by atoms with van der Waals surface area (Å²) in [6.45, 7) is 1.42. The van der Waals surface area contributed by atoms with Gasteiger partial charge in [0.05, 0.1) is 11.8 Å². The summed E-state index contributed by atoms with van der Waals surface area (Å²) in [5.74, 6) is 0.696. The Kier molecular flexibility index (Phi) is 3.24. The molecule has 0 amide bonds. The smallest absolute Gasteiger partial charge is 0.225 e. The van der Waals surface area contributed by atoms with Crippen molar-refractivity contribution < 1.29 is 5.11 Å². The van der Waals surface area contributed by atoms with E-state index in [-0.39, 0.29) is 6.10 Å². The van der Waals surface area contributed by atoms with Crippen LogP contribution in [0.1, 0.15) is 6.42 Å². The second-order valence-electron chi connectivity index (χ2n) is 5.69. The Bertz CT molecular complexity index is 818. The van der Waals surface area contributed by atoms with Crippen LogP contribution in [0.15, 0.2) is 54.7 Å². The highest BCUT2D eigenvalue weighted by molar-refractivity contribution is 5.86. The predicted octanol–water partition coefficient (Wildman–Crippen LogP) is 2.87.